The maximum absolute atomic E-state index is 13.9. The minimum Gasteiger partial charge on any atom is -0.321 e. The Labute approximate surface area is 134 Å². The van der Waals surface area contributed by atoms with Gasteiger partial charge in [0.15, 0.2) is 0 Å². The number of alkyl halides is 1. The first kappa shape index (κ1) is 15.1. The highest BCUT2D eigenvalue weighted by molar-refractivity contribution is 6.31. The van der Waals surface area contributed by atoms with Gasteiger partial charge in [0, 0.05) is 11.6 Å². The molecule has 1 fully saturated rings. The summed E-state index contributed by atoms with van der Waals surface area (Å²) in [4.78, 5) is 4.61. The summed E-state index contributed by atoms with van der Waals surface area (Å²) in [5, 5.41) is -0.118. The van der Waals surface area contributed by atoms with Gasteiger partial charge in [-0.15, -0.1) is 11.6 Å². The molecular weight excluding hydrogens is 310 g/mol. The van der Waals surface area contributed by atoms with Crippen LogP contribution >= 0.6 is 23.2 Å². The highest BCUT2D eigenvalue weighted by Gasteiger charge is 2.33. The maximum atomic E-state index is 13.9. The predicted molar refractivity (Wildman–Crippen MR) is 85.7 cm³/mol. The van der Waals surface area contributed by atoms with Gasteiger partial charge < -0.3 is 4.57 Å². The van der Waals surface area contributed by atoms with Crippen LogP contribution in [-0.2, 0) is 5.54 Å². The second-order valence-corrected chi connectivity index (χ2v) is 7.30. The Kier molecular flexibility index (Phi) is 3.91. The summed E-state index contributed by atoms with van der Waals surface area (Å²) in [7, 11) is 0. The summed E-state index contributed by atoms with van der Waals surface area (Å²) in [6, 6.07) is 3.09. The van der Waals surface area contributed by atoms with Crippen LogP contribution in [0.2, 0.25) is 5.02 Å². The zero-order valence-corrected chi connectivity index (χ0v) is 13.8. The lowest BCUT2D eigenvalue weighted by Gasteiger charge is -2.37. The second kappa shape index (κ2) is 5.44. The second-order valence-electron chi connectivity index (χ2n) is 6.23. The molecule has 0 spiro atoms. The van der Waals surface area contributed by atoms with Gasteiger partial charge in [0.1, 0.15) is 11.6 Å². The van der Waals surface area contributed by atoms with E-state index in [0.29, 0.717) is 0 Å². The lowest BCUT2D eigenvalue weighted by Crippen LogP contribution is -2.34. The van der Waals surface area contributed by atoms with Crippen molar-refractivity contribution in [2.45, 2.75) is 56.9 Å². The fourth-order valence-corrected chi connectivity index (χ4v) is 3.77. The molecule has 2 nitrogen and oxygen atoms in total. The molecule has 0 saturated heterocycles. The maximum Gasteiger partial charge on any atom is 0.144 e. The molecule has 1 aromatic heterocycles. The predicted octanol–water partition coefficient (Wildman–Crippen LogP) is 5.81. The SMILES string of the molecule is CC(Cl)c1nc2cc(Cl)c(F)cc2n1C1(C)CCCCC1. The standard InChI is InChI=1S/C16H19Cl2FN2/c1-10(17)15-20-13-8-11(18)12(19)9-14(13)21(15)16(2)6-4-3-5-7-16/h8-10H,3-7H2,1-2H3. The van der Waals surface area contributed by atoms with E-state index < -0.39 is 5.82 Å². The Morgan fingerprint density at radius 3 is 2.57 bits per heavy atom. The van der Waals surface area contributed by atoms with E-state index in [-0.39, 0.29) is 15.9 Å². The molecular formula is C16H19Cl2FN2. The van der Waals surface area contributed by atoms with Gasteiger partial charge >= 0.3 is 0 Å². The van der Waals surface area contributed by atoms with Crippen molar-refractivity contribution in [1.29, 1.82) is 0 Å². The Morgan fingerprint density at radius 2 is 1.95 bits per heavy atom. The van der Waals surface area contributed by atoms with E-state index in [1.165, 1.54) is 25.3 Å². The molecule has 0 N–H and O–H groups in total. The van der Waals surface area contributed by atoms with E-state index in [9.17, 15) is 4.39 Å². The highest BCUT2D eigenvalue weighted by atomic mass is 35.5. The average Bonchev–Trinajstić information content (AvgIpc) is 2.79. The Morgan fingerprint density at radius 1 is 1.29 bits per heavy atom. The first-order valence-electron chi connectivity index (χ1n) is 7.44. The number of rotatable bonds is 2. The van der Waals surface area contributed by atoms with Crippen LogP contribution in [0.3, 0.4) is 0 Å². The molecule has 1 heterocycles. The molecule has 0 bridgehead atoms. The zero-order valence-electron chi connectivity index (χ0n) is 12.3. The lowest BCUT2D eigenvalue weighted by molar-refractivity contribution is 0.219. The molecule has 1 aliphatic rings. The lowest BCUT2D eigenvalue weighted by atomic mass is 9.82. The Bertz CT molecular complexity index is 672. The monoisotopic (exact) mass is 328 g/mol. The van der Waals surface area contributed by atoms with Crippen molar-refractivity contribution >= 4 is 34.2 Å². The average molecular weight is 329 g/mol. The first-order valence-corrected chi connectivity index (χ1v) is 8.26. The minimum absolute atomic E-state index is 0.0498. The van der Waals surface area contributed by atoms with Crippen molar-refractivity contribution in [3.63, 3.8) is 0 Å². The third-order valence-corrected chi connectivity index (χ3v) is 5.03. The van der Waals surface area contributed by atoms with Crippen molar-refractivity contribution in [3.8, 4) is 0 Å². The van der Waals surface area contributed by atoms with Gasteiger partial charge in [-0.2, -0.15) is 0 Å². The van der Waals surface area contributed by atoms with E-state index >= 15 is 0 Å². The van der Waals surface area contributed by atoms with E-state index in [1.54, 1.807) is 6.07 Å². The van der Waals surface area contributed by atoms with E-state index in [1.807, 2.05) is 6.92 Å². The van der Waals surface area contributed by atoms with E-state index in [2.05, 4.69) is 16.5 Å². The number of benzene rings is 1. The molecule has 5 heteroatoms. The topological polar surface area (TPSA) is 17.8 Å². The van der Waals surface area contributed by atoms with Crippen LogP contribution in [-0.4, -0.2) is 9.55 Å². The van der Waals surface area contributed by atoms with Gasteiger partial charge in [0.2, 0.25) is 0 Å². The van der Waals surface area contributed by atoms with Gasteiger partial charge in [-0.3, -0.25) is 0 Å². The first-order chi connectivity index (χ1) is 9.92. The number of hydrogen-bond donors (Lipinski definition) is 0. The van der Waals surface area contributed by atoms with Crippen LogP contribution in [0, 0.1) is 5.82 Å². The number of imidazole rings is 1. The van der Waals surface area contributed by atoms with Crippen molar-refractivity contribution in [3.05, 3.63) is 28.8 Å². The molecule has 1 atom stereocenters. The van der Waals surface area contributed by atoms with Crippen LogP contribution in [0.15, 0.2) is 12.1 Å². The molecule has 21 heavy (non-hydrogen) atoms. The van der Waals surface area contributed by atoms with Crippen molar-refractivity contribution in [1.82, 2.24) is 9.55 Å². The number of hydrogen-bond acceptors (Lipinski definition) is 1. The van der Waals surface area contributed by atoms with Gasteiger partial charge in [0.05, 0.1) is 21.4 Å². The molecule has 0 aliphatic heterocycles. The molecule has 0 radical (unpaired) electrons. The summed E-state index contributed by atoms with van der Waals surface area (Å²) >= 11 is 12.2. The van der Waals surface area contributed by atoms with Crippen LogP contribution in [0.4, 0.5) is 4.39 Å². The normalized spacial score (nSPS) is 19.9. The minimum atomic E-state index is -0.404. The van der Waals surface area contributed by atoms with Gasteiger partial charge in [-0.05, 0) is 32.8 Å². The molecule has 1 aromatic carbocycles. The summed E-state index contributed by atoms with van der Waals surface area (Å²) in [6.45, 7) is 4.13. The third-order valence-electron chi connectivity index (χ3n) is 4.55. The number of nitrogens with zero attached hydrogens (tertiary/aromatic N) is 2. The van der Waals surface area contributed by atoms with E-state index in [4.69, 9.17) is 23.2 Å². The fraction of sp³-hybridized carbons (Fsp3) is 0.562. The summed E-state index contributed by atoms with van der Waals surface area (Å²) in [5.74, 6) is 0.399. The molecule has 1 aliphatic carbocycles. The number of aromatic nitrogens is 2. The van der Waals surface area contributed by atoms with Crippen LogP contribution in [0.5, 0.6) is 0 Å². The van der Waals surface area contributed by atoms with Crippen LogP contribution < -0.4 is 0 Å². The summed E-state index contributed by atoms with van der Waals surface area (Å²) in [5.41, 5.74) is 1.46. The molecule has 114 valence electrons. The van der Waals surface area contributed by atoms with Crippen LogP contribution in [0.1, 0.15) is 57.2 Å². The van der Waals surface area contributed by atoms with Crippen molar-refractivity contribution in [2.24, 2.45) is 0 Å². The Balaban J connectivity index is 2.27. The van der Waals surface area contributed by atoms with Crippen molar-refractivity contribution in [2.75, 3.05) is 0 Å². The molecule has 3 rings (SSSR count). The van der Waals surface area contributed by atoms with Gasteiger partial charge in [0.25, 0.3) is 0 Å². The van der Waals surface area contributed by atoms with Gasteiger partial charge in [-0.25, -0.2) is 9.37 Å². The summed E-state index contributed by atoms with van der Waals surface area (Å²) in [6.07, 6.45) is 5.76. The molecule has 2 aromatic rings. The fourth-order valence-electron chi connectivity index (χ4n) is 3.46. The smallest absolute Gasteiger partial charge is 0.144 e. The third kappa shape index (κ3) is 2.55. The molecule has 1 saturated carbocycles. The molecule has 0 amide bonds. The van der Waals surface area contributed by atoms with Crippen molar-refractivity contribution < 1.29 is 4.39 Å². The Hall–Kier alpha value is -0.800. The van der Waals surface area contributed by atoms with E-state index in [0.717, 1.165) is 29.7 Å². The highest BCUT2D eigenvalue weighted by Crippen LogP contribution is 2.40. The number of halogens is 3. The van der Waals surface area contributed by atoms with Gasteiger partial charge in [-0.1, -0.05) is 30.9 Å². The quantitative estimate of drug-likeness (QED) is 0.636. The number of fused-ring (bicyclic) bond motifs is 1. The largest absolute Gasteiger partial charge is 0.321 e. The van der Waals surface area contributed by atoms with Crippen LogP contribution in [0.25, 0.3) is 11.0 Å². The zero-order chi connectivity index (χ0) is 15.2. The summed E-state index contributed by atoms with van der Waals surface area (Å²) < 4.78 is 16.1. The molecule has 1 unspecified atom stereocenters.